The zero-order valence-electron chi connectivity index (χ0n) is 27.9. The second-order valence-electron chi connectivity index (χ2n) is 14.6. The van der Waals surface area contributed by atoms with Gasteiger partial charge < -0.3 is 20.1 Å². The van der Waals surface area contributed by atoms with Gasteiger partial charge >= 0.3 is 5.97 Å². The Morgan fingerprint density at radius 3 is 2.57 bits per heavy atom. The molecule has 0 radical (unpaired) electrons. The minimum atomic E-state index is -1.02. The summed E-state index contributed by atoms with van der Waals surface area (Å²) in [5, 5.41) is 9.23. The van der Waals surface area contributed by atoms with Crippen molar-refractivity contribution in [3.8, 4) is 28.3 Å². The van der Waals surface area contributed by atoms with E-state index >= 15 is 0 Å². The molecular weight excluding hydrogens is 582 g/mol. The van der Waals surface area contributed by atoms with Gasteiger partial charge in [0.15, 0.2) is 6.61 Å². The molecule has 3 atom stereocenters. The molecule has 7 rings (SSSR count). The molecule has 2 aliphatic carbocycles. The van der Waals surface area contributed by atoms with E-state index in [0.29, 0.717) is 23.3 Å². The second kappa shape index (κ2) is 11.9. The molecule has 4 aromatic carbocycles. The van der Waals surface area contributed by atoms with Gasteiger partial charge in [0.1, 0.15) is 11.6 Å². The van der Waals surface area contributed by atoms with Crippen LogP contribution in [0.25, 0.3) is 33.5 Å². The average molecular weight is 628 g/mol. The van der Waals surface area contributed by atoms with Crippen LogP contribution in [0.15, 0.2) is 84.9 Å². The molecule has 0 bridgehead atoms. The number of nitrogens with zero attached hydrogens (tertiary/aromatic N) is 2. The second-order valence-corrected chi connectivity index (χ2v) is 14.6. The number of nitrogens with two attached hydrogens (primary N) is 1. The molecule has 1 saturated carbocycles. The fourth-order valence-electron chi connectivity index (χ4n) is 8.82. The predicted octanol–water partition coefficient (Wildman–Crippen LogP) is 9.25. The predicted molar refractivity (Wildman–Crippen MR) is 190 cm³/mol. The number of fused-ring (bicyclic) bond motifs is 4. The molecule has 1 heterocycles. The number of aryl methyl sites for hydroxylation is 1. The molecule has 5 aromatic rings. The zero-order valence-corrected chi connectivity index (χ0v) is 27.9. The van der Waals surface area contributed by atoms with Crippen molar-refractivity contribution in [3.63, 3.8) is 0 Å². The van der Waals surface area contributed by atoms with Crippen molar-refractivity contribution in [1.29, 1.82) is 0 Å². The average Bonchev–Trinajstić information content (AvgIpc) is 3.41. The number of carboxylic acids is 1. The van der Waals surface area contributed by atoms with E-state index in [4.69, 9.17) is 15.5 Å². The number of aliphatic carboxylic acids is 1. The summed E-state index contributed by atoms with van der Waals surface area (Å²) in [6.45, 7) is 9.96. The summed E-state index contributed by atoms with van der Waals surface area (Å²) in [5.74, 6) is 1.26. The number of anilines is 1. The highest BCUT2D eigenvalue weighted by atomic mass is 16.5. The number of aromatic nitrogens is 2. The first-order valence-corrected chi connectivity index (χ1v) is 17.0. The van der Waals surface area contributed by atoms with Gasteiger partial charge in [0.05, 0.1) is 11.0 Å². The lowest BCUT2D eigenvalue weighted by Gasteiger charge is -2.56. The SMILES string of the molecule is CC(C)c1ccc2c(c1)CC[C@H]1[C@@](C)(Cn3c(-c4cc(OCC(=O)O)ccc4N)nc4cc(-c5ccccc5)ccc43)CCC[C@]21C. The lowest BCUT2D eigenvalue weighted by molar-refractivity contribution is -0.139. The Labute approximate surface area is 277 Å². The fourth-order valence-corrected chi connectivity index (χ4v) is 8.82. The van der Waals surface area contributed by atoms with Crippen LogP contribution in [0.5, 0.6) is 5.75 Å². The molecular formula is C41H45N3O3. The van der Waals surface area contributed by atoms with Crippen LogP contribution in [-0.2, 0) is 23.2 Å². The highest BCUT2D eigenvalue weighted by Gasteiger charge is 2.52. The van der Waals surface area contributed by atoms with Crippen molar-refractivity contribution < 1.29 is 14.6 Å². The third-order valence-electron chi connectivity index (χ3n) is 11.2. The number of carboxylic acid groups (broad SMARTS) is 1. The Bertz CT molecular complexity index is 1960. The monoisotopic (exact) mass is 627 g/mol. The number of ether oxygens (including phenoxy) is 1. The van der Waals surface area contributed by atoms with E-state index in [1.54, 1.807) is 17.7 Å². The van der Waals surface area contributed by atoms with E-state index in [0.717, 1.165) is 52.9 Å². The van der Waals surface area contributed by atoms with E-state index < -0.39 is 12.6 Å². The summed E-state index contributed by atoms with van der Waals surface area (Å²) in [6.07, 6.45) is 5.80. The van der Waals surface area contributed by atoms with E-state index in [9.17, 15) is 9.90 Å². The van der Waals surface area contributed by atoms with Crippen molar-refractivity contribution in [1.82, 2.24) is 9.55 Å². The Balaban J connectivity index is 1.34. The Morgan fingerprint density at radius 1 is 1.00 bits per heavy atom. The summed E-state index contributed by atoms with van der Waals surface area (Å²) >= 11 is 0. The number of hydrogen-bond donors (Lipinski definition) is 2. The summed E-state index contributed by atoms with van der Waals surface area (Å²) in [4.78, 5) is 16.5. The molecule has 0 saturated heterocycles. The van der Waals surface area contributed by atoms with Gasteiger partial charge in [-0.2, -0.15) is 0 Å². The van der Waals surface area contributed by atoms with Crippen LogP contribution < -0.4 is 10.5 Å². The number of nitrogen functional groups attached to an aromatic ring is 1. The molecule has 1 aromatic heterocycles. The number of hydrogen-bond acceptors (Lipinski definition) is 4. The number of imidazole rings is 1. The summed E-state index contributed by atoms with van der Waals surface area (Å²) in [7, 11) is 0. The van der Waals surface area contributed by atoms with Crippen LogP contribution >= 0.6 is 0 Å². The van der Waals surface area contributed by atoms with Crippen molar-refractivity contribution in [2.24, 2.45) is 11.3 Å². The van der Waals surface area contributed by atoms with Gasteiger partial charge in [-0.25, -0.2) is 9.78 Å². The molecule has 6 nitrogen and oxygen atoms in total. The molecule has 0 amide bonds. The quantitative estimate of drug-likeness (QED) is 0.167. The van der Waals surface area contributed by atoms with Gasteiger partial charge in [0.25, 0.3) is 0 Å². The van der Waals surface area contributed by atoms with Crippen LogP contribution in [0, 0.1) is 11.3 Å². The fraction of sp³-hybridized carbons (Fsp3) is 0.366. The lowest BCUT2D eigenvalue weighted by atomic mass is 9.49. The number of benzene rings is 4. The first-order chi connectivity index (χ1) is 22.6. The van der Waals surface area contributed by atoms with Crippen molar-refractivity contribution in [3.05, 3.63) is 102 Å². The van der Waals surface area contributed by atoms with Gasteiger partial charge in [-0.3, -0.25) is 0 Å². The van der Waals surface area contributed by atoms with Gasteiger partial charge in [-0.05, 0) is 106 Å². The molecule has 0 spiro atoms. The molecule has 0 aliphatic heterocycles. The van der Waals surface area contributed by atoms with Crippen LogP contribution in [0.1, 0.15) is 76.0 Å². The highest BCUT2D eigenvalue weighted by Crippen LogP contribution is 2.58. The first-order valence-electron chi connectivity index (χ1n) is 17.0. The summed E-state index contributed by atoms with van der Waals surface area (Å²) in [5.41, 5.74) is 16.9. The molecule has 242 valence electrons. The standard InChI is InChI=1S/C41H45N3O3/c1-26(2)28-11-15-33-30(21-28)13-18-37-40(3,19-8-20-41(33,37)4)25-44-36-17-12-29(27-9-6-5-7-10-27)22-35(36)43-39(44)32-23-31(14-16-34(32)42)47-24-38(45)46/h5-7,9-12,14-17,21-23,26,37H,8,13,18-20,24-25,42H2,1-4H3,(H,45,46)/t37-,40+,41+/m0/s1. The third kappa shape index (κ3) is 5.58. The Kier molecular flexibility index (Phi) is 7.86. The van der Waals surface area contributed by atoms with Gasteiger partial charge in [0, 0.05) is 17.8 Å². The van der Waals surface area contributed by atoms with Crippen molar-refractivity contribution in [2.45, 2.75) is 77.7 Å². The van der Waals surface area contributed by atoms with Crippen LogP contribution in [0.3, 0.4) is 0 Å². The molecule has 6 heteroatoms. The Hall–Kier alpha value is -4.58. The molecule has 3 N–H and O–H groups in total. The van der Waals surface area contributed by atoms with E-state index in [1.165, 1.54) is 30.4 Å². The maximum atomic E-state index is 11.3. The van der Waals surface area contributed by atoms with E-state index in [1.807, 2.05) is 12.1 Å². The first kappa shape index (κ1) is 31.0. The van der Waals surface area contributed by atoms with Gasteiger partial charge in [-0.1, -0.05) is 88.7 Å². The van der Waals surface area contributed by atoms with Crippen molar-refractivity contribution >= 4 is 22.7 Å². The number of carbonyl (C=O) groups is 1. The molecule has 0 unspecified atom stereocenters. The van der Waals surface area contributed by atoms with E-state index in [-0.39, 0.29) is 10.8 Å². The van der Waals surface area contributed by atoms with Crippen LogP contribution in [0.2, 0.25) is 0 Å². The van der Waals surface area contributed by atoms with Crippen LogP contribution in [-0.4, -0.2) is 27.2 Å². The summed E-state index contributed by atoms with van der Waals surface area (Å²) < 4.78 is 7.97. The van der Waals surface area contributed by atoms with Crippen molar-refractivity contribution in [2.75, 3.05) is 12.3 Å². The number of rotatable bonds is 8. The maximum Gasteiger partial charge on any atom is 0.341 e. The molecule has 1 fully saturated rings. The third-order valence-corrected chi connectivity index (χ3v) is 11.2. The zero-order chi connectivity index (χ0) is 32.9. The molecule has 2 aliphatic rings. The lowest BCUT2D eigenvalue weighted by Crippen LogP contribution is -2.50. The maximum absolute atomic E-state index is 11.3. The van der Waals surface area contributed by atoms with Gasteiger partial charge in [-0.15, -0.1) is 0 Å². The van der Waals surface area contributed by atoms with Gasteiger partial charge in [0.2, 0.25) is 0 Å². The topological polar surface area (TPSA) is 90.4 Å². The van der Waals surface area contributed by atoms with Crippen LogP contribution in [0.4, 0.5) is 5.69 Å². The minimum Gasteiger partial charge on any atom is -0.482 e. The Morgan fingerprint density at radius 2 is 1.81 bits per heavy atom. The molecule has 47 heavy (non-hydrogen) atoms. The highest BCUT2D eigenvalue weighted by molar-refractivity contribution is 5.87. The minimum absolute atomic E-state index is 0.0219. The smallest absolute Gasteiger partial charge is 0.341 e. The van der Waals surface area contributed by atoms with E-state index in [2.05, 4.69) is 92.9 Å². The summed E-state index contributed by atoms with van der Waals surface area (Å²) in [6, 6.07) is 29.6. The normalized spacial score (nSPS) is 22.2. The largest absolute Gasteiger partial charge is 0.482 e.